The third-order valence-electron chi connectivity index (χ3n) is 15.9. The van der Waals surface area contributed by atoms with Gasteiger partial charge in [-0.2, -0.15) is 4.31 Å². The van der Waals surface area contributed by atoms with Crippen molar-refractivity contribution in [2.45, 2.75) is 225 Å². The quantitative estimate of drug-likeness (QED) is 0.0943. The van der Waals surface area contributed by atoms with E-state index >= 15 is 0 Å². The molecule has 0 saturated carbocycles. The number of likely N-dealkylation sites (N-methyl/N-ethyl adjacent to an activating group) is 1. The fraction of sp³-hybridized carbons (Fsp3) is 0.750. The lowest BCUT2D eigenvalue weighted by Gasteiger charge is -2.49. The number of ketones is 1. The number of sulfonamides is 1. The number of methoxy groups -OCH3 is 1. The van der Waals surface area contributed by atoms with Gasteiger partial charge in [-0.15, -0.1) is 0 Å². The minimum Gasteiger partial charge on any atom is -0.466 e. The van der Waals surface area contributed by atoms with Crippen LogP contribution in [-0.2, 0) is 71.9 Å². The van der Waals surface area contributed by atoms with Gasteiger partial charge in [0.15, 0.2) is 18.7 Å². The van der Waals surface area contributed by atoms with Gasteiger partial charge in [-0.25, -0.2) is 8.42 Å². The zero-order chi connectivity index (χ0) is 61.4. The standard InChI is InChI=1S/C43H75NO16.C13H15N3O4S/c1-15-29-43(11,52)36(48)24(5)33(47)22(3)20-41(9,51)38(25(6)34(26(7)39(50)57-29)59-32-21-42(10,53-14)37(49)27(8)56-32)60-40-35(28(44(12)13)19-23(4)55-40)58-31(46)18-17-30(45)54-16-2;1-8-9(2)15-20-13(8)16(10(3)17)21(18,19)12-6-4-11(14)5-7-12/h22-29,32,34-38,40,48-49,51-52H,15-21H2,1-14H3;4-7H,14H2,1-3H3/t22-,23?,24+,25+,26-,27?,28?,29-,32?,34+,35?,36-,37?,38-,40?,41-,42?,43-;/m1./s1. The van der Waals surface area contributed by atoms with Crippen LogP contribution in [0.3, 0.4) is 0 Å². The van der Waals surface area contributed by atoms with Crippen molar-refractivity contribution in [3.05, 3.63) is 35.5 Å². The van der Waals surface area contributed by atoms with Crippen LogP contribution in [0.2, 0.25) is 0 Å². The first-order valence-electron chi connectivity index (χ1n) is 27.6. The molecule has 1 amide bonds. The van der Waals surface area contributed by atoms with Gasteiger partial charge in [0.05, 0.1) is 83.7 Å². The average molecular weight is 1170 g/mol. The number of Topliss-reactive ketones (excluding diaryl/α,β-unsaturated/α-hetero) is 1. The number of aromatic nitrogens is 1. The number of rotatable bonds is 15. The predicted octanol–water partition coefficient (Wildman–Crippen LogP) is 4.30. The molecule has 24 nitrogen and oxygen atoms in total. The van der Waals surface area contributed by atoms with Crippen molar-refractivity contribution in [3.8, 4) is 0 Å². The van der Waals surface area contributed by atoms with Crippen molar-refractivity contribution in [1.29, 1.82) is 0 Å². The molecule has 5 rings (SSSR count). The van der Waals surface area contributed by atoms with E-state index in [9.17, 15) is 52.8 Å². The topological polar surface area (TPSA) is 333 Å². The highest BCUT2D eigenvalue weighted by Crippen LogP contribution is 2.41. The Morgan fingerprint density at radius 2 is 1.47 bits per heavy atom. The van der Waals surface area contributed by atoms with Gasteiger partial charge in [0.2, 0.25) is 5.91 Å². The minimum absolute atomic E-state index is 0.0431. The van der Waals surface area contributed by atoms with Gasteiger partial charge >= 0.3 is 17.9 Å². The number of ether oxygens (including phenoxy) is 8. The summed E-state index contributed by atoms with van der Waals surface area (Å²) in [5, 5.41) is 50.5. The second kappa shape index (κ2) is 28.3. The van der Waals surface area contributed by atoms with E-state index in [0.717, 1.165) is 6.92 Å². The summed E-state index contributed by atoms with van der Waals surface area (Å²) in [6.45, 7) is 22.3. The molecule has 1 aromatic carbocycles. The zero-order valence-corrected chi connectivity index (χ0v) is 50.9. The number of aryl methyl sites for hydroxylation is 1. The van der Waals surface area contributed by atoms with Crippen molar-refractivity contribution in [2.24, 2.45) is 23.7 Å². The molecule has 6 N–H and O–H groups in total. The van der Waals surface area contributed by atoms with Crippen LogP contribution in [0.5, 0.6) is 0 Å². The SMILES string of the molecule is CC(=O)N(c1onc(C)c1C)S(=O)(=O)c1ccc(N)cc1.CCOC(=O)CCC(=O)OC1C(O[C@@H]2[C@@H](C)[C@H](OC3CC(C)(OC)C(O)C(C)O3)[C@@H](C)C(=O)O[C@H](CC)[C@@](C)(O)[C@H](O)[C@@H](C)C(=O)[C@H](C)C[C@@]2(C)O)OC(C)CC1N(C)C. The van der Waals surface area contributed by atoms with E-state index in [1.807, 2.05) is 25.9 Å². The van der Waals surface area contributed by atoms with Crippen LogP contribution in [0.4, 0.5) is 11.6 Å². The number of aliphatic hydroxyl groups is 4. The van der Waals surface area contributed by atoms with Gasteiger partial charge in [-0.05, 0) is 120 Å². The lowest BCUT2D eigenvalue weighted by molar-refractivity contribution is -0.319. The number of nitrogens with zero attached hydrogens (tertiary/aromatic N) is 3. The minimum atomic E-state index is -4.08. The van der Waals surface area contributed by atoms with E-state index in [4.69, 9.17) is 48.2 Å². The summed E-state index contributed by atoms with van der Waals surface area (Å²) in [6.07, 6.45) is -11.1. The maximum absolute atomic E-state index is 14.3. The van der Waals surface area contributed by atoms with Crippen LogP contribution in [0.25, 0.3) is 0 Å². The summed E-state index contributed by atoms with van der Waals surface area (Å²) in [5.41, 5.74) is 1.92. The Bertz CT molecular complexity index is 2560. The molecule has 8 unspecified atom stereocenters. The Morgan fingerprint density at radius 3 is 2.00 bits per heavy atom. The van der Waals surface area contributed by atoms with Gasteiger partial charge in [0.25, 0.3) is 15.9 Å². The van der Waals surface area contributed by atoms with Gasteiger partial charge in [0.1, 0.15) is 23.6 Å². The van der Waals surface area contributed by atoms with Crippen LogP contribution in [-0.4, -0.2) is 181 Å². The summed E-state index contributed by atoms with van der Waals surface area (Å²) < 4.78 is 79.6. The van der Waals surface area contributed by atoms with E-state index in [0.29, 0.717) is 27.7 Å². The maximum atomic E-state index is 14.3. The molecule has 0 spiro atoms. The first-order valence-corrected chi connectivity index (χ1v) is 29.0. The number of carbonyl (C=O) groups is 5. The lowest BCUT2D eigenvalue weighted by Crippen LogP contribution is -2.61. The molecule has 2 aromatic rings. The number of benzene rings is 1. The monoisotopic (exact) mass is 1170 g/mol. The fourth-order valence-electron chi connectivity index (χ4n) is 10.9. The van der Waals surface area contributed by atoms with Gasteiger partial charge in [-0.3, -0.25) is 24.0 Å². The van der Waals surface area contributed by atoms with Gasteiger partial charge in [-0.1, -0.05) is 32.9 Å². The largest absolute Gasteiger partial charge is 0.466 e. The third kappa shape index (κ3) is 16.4. The van der Waals surface area contributed by atoms with Crippen LogP contribution in [0, 0.1) is 37.5 Å². The normalized spacial score (nSPS) is 35.4. The molecule has 3 saturated heterocycles. The number of cyclic esters (lactones) is 1. The van der Waals surface area contributed by atoms with E-state index in [1.165, 1.54) is 52.1 Å². The predicted molar refractivity (Wildman–Crippen MR) is 293 cm³/mol. The molecule has 3 aliphatic heterocycles. The van der Waals surface area contributed by atoms with Crippen molar-refractivity contribution >= 4 is 51.2 Å². The first-order chi connectivity index (χ1) is 37.5. The van der Waals surface area contributed by atoms with E-state index in [-0.39, 0.29) is 49.5 Å². The molecular weight excluding hydrogens is 1080 g/mol. The number of amides is 1. The molecule has 81 heavy (non-hydrogen) atoms. The molecule has 460 valence electrons. The summed E-state index contributed by atoms with van der Waals surface area (Å²) in [4.78, 5) is 67.4. The molecule has 4 heterocycles. The van der Waals surface area contributed by atoms with Crippen LogP contribution in [0.15, 0.2) is 33.7 Å². The highest BCUT2D eigenvalue weighted by atomic mass is 32.2. The molecule has 3 aliphatic rings. The highest BCUT2D eigenvalue weighted by Gasteiger charge is 2.54. The molecule has 1 aromatic heterocycles. The van der Waals surface area contributed by atoms with Gasteiger partial charge < -0.3 is 73.5 Å². The van der Waals surface area contributed by atoms with Crippen molar-refractivity contribution < 1.29 is 95.2 Å². The number of hydrogen-bond donors (Lipinski definition) is 5. The van der Waals surface area contributed by atoms with Crippen LogP contribution in [0.1, 0.15) is 133 Å². The lowest BCUT2D eigenvalue weighted by atomic mass is 9.74. The number of hydrogen-bond acceptors (Lipinski definition) is 23. The summed E-state index contributed by atoms with van der Waals surface area (Å²) in [7, 11) is 1.01. The van der Waals surface area contributed by atoms with E-state index in [1.54, 1.807) is 62.3 Å². The second-order valence-electron chi connectivity index (χ2n) is 22.8. The Labute approximate surface area is 476 Å². The Hall–Kier alpha value is -4.67. The highest BCUT2D eigenvalue weighted by molar-refractivity contribution is 7.93. The van der Waals surface area contributed by atoms with E-state index in [2.05, 4.69) is 5.16 Å². The van der Waals surface area contributed by atoms with Crippen LogP contribution >= 0.6 is 0 Å². The number of nitrogens with two attached hydrogens (primary N) is 1. The first kappa shape index (κ1) is 68.8. The Morgan fingerprint density at radius 1 is 0.864 bits per heavy atom. The summed E-state index contributed by atoms with van der Waals surface area (Å²) in [5.74, 6) is -7.43. The smallest absolute Gasteiger partial charge is 0.311 e. The van der Waals surface area contributed by atoms with Crippen molar-refractivity contribution in [3.63, 3.8) is 0 Å². The Balaban J connectivity index is 0.000000558. The molecule has 25 heteroatoms. The third-order valence-corrected chi connectivity index (χ3v) is 17.7. The summed E-state index contributed by atoms with van der Waals surface area (Å²) in [6, 6.07) is 5.12. The second-order valence-corrected chi connectivity index (χ2v) is 24.6. The summed E-state index contributed by atoms with van der Waals surface area (Å²) >= 11 is 0. The number of nitrogen functional groups attached to an aromatic ring is 1. The number of anilines is 2. The number of esters is 3. The molecule has 3 fully saturated rings. The van der Waals surface area contributed by atoms with Gasteiger partial charge in [0, 0.05) is 49.5 Å². The molecular formula is C56H90N4O20S. The van der Waals surface area contributed by atoms with Crippen molar-refractivity contribution in [2.75, 3.05) is 37.9 Å². The molecule has 0 bridgehead atoms. The zero-order valence-electron chi connectivity index (χ0n) is 50.1. The van der Waals surface area contributed by atoms with E-state index < -0.39 is 148 Å². The maximum Gasteiger partial charge on any atom is 0.311 e. The molecule has 18 atom stereocenters. The number of carbonyl (C=O) groups excluding carboxylic acids is 5. The molecule has 0 aliphatic carbocycles. The Kier molecular flexibility index (Phi) is 24.0. The van der Waals surface area contributed by atoms with Crippen LogP contribution < -0.4 is 10.0 Å². The average Bonchev–Trinajstić information content (AvgIpc) is 3.92. The fourth-order valence-corrected chi connectivity index (χ4v) is 12.3. The number of aliphatic hydroxyl groups excluding tert-OH is 2. The van der Waals surface area contributed by atoms with Crippen molar-refractivity contribution in [1.82, 2.24) is 10.1 Å². The molecule has 0 radical (unpaired) electrons.